The molecule has 0 bridgehead atoms. The van der Waals surface area contributed by atoms with Crippen molar-refractivity contribution >= 4 is 5.91 Å². The van der Waals surface area contributed by atoms with Crippen molar-refractivity contribution in [2.75, 3.05) is 6.54 Å². The number of carbonyl (C=O) groups is 1. The number of ether oxygens (including phenoxy) is 1. The Morgan fingerprint density at radius 2 is 1.97 bits per heavy atom. The smallest absolute Gasteiger partial charge is 0.387 e. The van der Waals surface area contributed by atoms with E-state index in [1.54, 1.807) is 16.8 Å². The standard InChI is InChI=1S/C25H35F2N3O2/c1-5-7-18-12-13-20(21(14-18)32-25(26)27)23-17(4)22(29-30(23)6-2)24(31)28-15-19-10-8-16(3)9-11-19/h12-14,16,19,25H,5-11,15H2,1-4H3,(H,28,31). The van der Waals surface area contributed by atoms with E-state index in [-0.39, 0.29) is 11.7 Å². The zero-order chi connectivity index (χ0) is 23.3. The predicted octanol–water partition coefficient (Wildman–Crippen LogP) is 5.99. The molecule has 5 nitrogen and oxygen atoms in total. The molecular formula is C25H35F2N3O2. The maximum Gasteiger partial charge on any atom is 0.387 e. The van der Waals surface area contributed by atoms with Crippen molar-refractivity contribution in [3.8, 4) is 17.0 Å². The monoisotopic (exact) mass is 447 g/mol. The van der Waals surface area contributed by atoms with Crippen LogP contribution in [-0.2, 0) is 13.0 Å². The molecule has 176 valence electrons. The fourth-order valence-corrected chi connectivity index (χ4v) is 4.59. The molecule has 1 aromatic carbocycles. The molecule has 0 spiro atoms. The van der Waals surface area contributed by atoms with Crippen molar-refractivity contribution < 1.29 is 18.3 Å². The van der Waals surface area contributed by atoms with Crippen LogP contribution in [0.25, 0.3) is 11.3 Å². The first-order valence-electron chi connectivity index (χ1n) is 11.8. The van der Waals surface area contributed by atoms with E-state index in [1.807, 2.05) is 26.8 Å². The molecule has 1 N–H and O–H groups in total. The Bertz CT molecular complexity index is 918. The maximum absolute atomic E-state index is 13.1. The van der Waals surface area contributed by atoms with Gasteiger partial charge in [0.15, 0.2) is 5.69 Å². The molecule has 32 heavy (non-hydrogen) atoms. The fraction of sp³-hybridized carbons (Fsp3) is 0.600. The van der Waals surface area contributed by atoms with Crippen LogP contribution < -0.4 is 10.1 Å². The molecule has 2 aromatic rings. The van der Waals surface area contributed by atoms with E-state index in [0.717, 1.165) is 37.2 Å². The summed E-state index contributed by atoms with van der Waals surface area (Å²) in [7, 11) is 0. The van der Waals surface area contributed by atoms with Crippen LogP contribution in [-0.4, -0.2) is 28.8 Å². The van der Waals surface area contributed by atoms with Crippen LogP contribution in [0.1, 0.15) is 74.5 Å². The van der Waals surface area contributed by atoms with Crippen molar-refractivity contribution in [2.24, 2.45) is 11.8 Å². The zero-order valence-corrected chi connectivity index (χ0v) is 19.6. The molecule has 1 fully saturated rings. The number of nitrogens with zero attached hydrogens (tertiary/aromatic N) is 2. The van der Waals surface area contributed by atoms with Crippen molar-refractivity contribution in [1.29, 1.82) is 0 Å². The third kappa shape index (κ3) is 5.67. The van der Waals surface area contributed by atoms with E-state index in [4.69, 9.17) is 4.74 Å². The van der Waals surface area contributed by atoms with E-state index >= 15 is 0 Å². The summed E-state index contributed by atoms with van der Waals surface area (Å²) in [4.78, 5) is 12.9. The fourth-order valence-electron chi connectivity index (χ4n) is 4.59. The van der Waals surface area contributed by atoms with Gasteiger partial charge in [-0.05, 0) is 62.6 Å². The zero-order valence-electron chi connectivity index (χ0n) is 19.6. The number of halogens is 2. The van der Waals surface area contributed by atoms with Crippen LogP contribution in [0.5, 0.6) is 5.75 Å². The molecular weight excluding hydrogens is 412 g/mol. The minimum Gasteiger partial charge on any atom is -0.434 e. The molecule has 0 unspecified atom stereocenters. The number of alkyl halides is 2. The Kier molecular flexibility index (Phi) is 8.26. The van der Waals surface area contributed by atoms with Crippen LogP contribution >= 0.6 is 0 Å². The van der Waals surface area contributed by atoms with Crippen LogP contribution in [0.4, 0.5) is 8.78 Å². The number of hydrogen-bond acceptors (Lipinski definition) is 3. The third-order valence-electron chi connectivity index (χ3n) is 6.45. The lowest BCUT2D eigenvalue weighted by atomic mass is 9.83. The number of rotatable bonds is 9. The molecule has 1 heterocycles. The van der Waals surface area contributed by atoms with Crippen molar-refractivity contribution in [1.82, 2.24) is 15.1 Å². The van der Waals surface area contributed by atoms with Gasteiger partial charge in [0.05, 0.1) is 5.69 Å². The molecule has 1 amide bonds. The number of nitrogens with one attached hydrogen (secondary N) is 1. The van der Waals surface area contributed by atoms with Crippen molar-refractivity contribution in [3.05, 3.63) is 35.0 Å². The molecule has 0 aliphatic heterocycles. The highest BCUT2D eigenvalue weighted by Gasteiger charge is 2.25. The van der Waals surface area contributed by atoms with Crippen LogP contribution in [0.15, 0.2) is 18.2 Å². The number of aromatic nitrogens is 2. The summed E-state index contributed by atoms with van der Waals surface area (Å²) < 4.78 is 32.9. The van der Waals surface area contributed by atoms with Gasteiger partial charge in [-0.3, -0.25) is 9.48 Å². The second kappa shape index (κ2) is 10.9. The normalized spacial score (nSPS) is 18.7. The van der Waals surface area contributed by atoms with Crippen LogP contribution in [0, 0.1) is 18.8 Å². The average molecular weight is 448 g/mol. The third-order valence-corrected chi connectivity index (χ3v) is 6.45. The maximum atomic E-state index is 13.1. The van der Waals surface area contributed by atoms with Crippen LogP contribution in [0.2, 0.25) is 0 Å². The lowest BCUT2D eigenvalue weighted by Crippen LogP contribution is -2.31. The van der Waals surface area contributed by atoms with Gasteiger partial charge in [0.1, 0.15) is 5.75 Å². The predicted molar refractivity (Wildman–Crippen MR) is 122 cm³/mol. The second-order valence-electron chi connectivity index (χ2n) is 8.93. The molecule has 1 aromatic heterocycles. The number of carbonyl (C=O) groups excluding carboxylic acids is 1. The van der Waals surface area contributed by atoms with Gasteiger partial charge >= 0.3 is 6.61 Å². The van der Waals surface area contributed by atoms with E-state index in [2.05, 4.69) is 17.3 Å². The summed E-state index contributed by atoms with van der Waals surface area (Å²) in [5.41, 5.74) is 3.11. The molecule has 1 aliphatic carbocycles. The van der Waals surface area contributed by atoms with Gasteiger partial charge < -0.3 is 10.1 Å². The van der Waals surface area contributed by atoms with E-state index in [9.17, 15) is 13.6 Å². The molecule has 1 saturated carbocycles. The molecule has 0 saturated heterocycles. The number of hydrogen-bond donors (Lipinski definition) is 1. The largest absolute Gasteiger partial charge is 0.434 e. The van der Waals surface area contributed by atoms with Gasteiger partial charge in [-0.15, -0.1) is 0 Å². The molecule has 0 radical (unpaired) electrons. The quantitative estimate of drug-likeness (QED) is 0.514. The topological polar surface area (TPSA) is 56.2 Å². The highest BCUT2D eigenvalue weighted by Crippen LogP contribution is 2.36. The van der Waals surface area contributed by atoms with E-state index < -0.39 is 6.61 Å². The van der Waals surface area contributed by atoms with Crippen molar-refractivity contribution in [2.45, 2.75) is 79.4 Å². The lowest BCUT2D eigenvalue weighted by Gasteiger charge is -2.26. The SMILES string of the molecule is CCCc1ccc(-c2c(C)c(C(=O)NCC3CCC(C)CC3)nn2CC)c(OC(F)F)c1. The van der Waals surface area contributed by atoms with Gasteiger partial charge in [-0.2, -0.15) is 13.9 Å². The Morgan fingerprint density at radius 3 is 2.59 bits per heavy atom. The van der Waals surface area contributed by atoms with Gasteiger partial charge in [-0.25, -0.2) is 0 Å². The minimum atomic E-state index is -2.93. The molecule has 7 heteroatoms. The first-order valence-corrected chi connectivity index (χ1v) is 11.8. The summed E-state index contributed by atoms with van der Waals surface area (Å²) in [5.74, 6) is 1.17. The highest BCUT2D eigenvalue weighted by molar-refractivity contribution is 5.95. The summed E-state index contributed by atoms with van der Waals surface area (Å²) in [5, 5.41) is 7.57. The van der Waals surface area contributed by atoms with Crippen molar-refractivity contribution in [3.63, 3.8) is 0 Å². The highest BCUT2D eigenvalue weighted by atomic mass is 19.3. The van der Waals surface area contributed by atoms with Gasteiger partial charge in [-0.1, -0.05) is 39.2 Å². The summed E-state index contributed by atoms with van der Waals surface area (Å²) in [6, 6.07) is 5.39. The van der Waals surface area contributed by atoms with Gasteiger partial charge in [0.25, 0.3) is 5.91 Å². The van der Waals surface area contributed by atoms with E-state index in [0.29, 0.717) is 41.5 Å². The first-order chi connectivity index (χ1) is 15.3. The first kappa shape index (κ1) is 24.2. The summed E-state index contributed by atoms with van der Waals surface area (Å²) >= 11 is 0. The molecule has 0 atom stereocenters. The Labute approximate surface area is 189 Å². The summed E-state index contributed by atoms with van der Waals surface area (Å²) in [6.07, 6.45) is 6.36. The number of amides is 1. The second-order valence-corrected chi connectivity index (χ2v) is 8.93. The molecule has 3 rings (SSSR count). The Hall–Kier alpha value is -2.44. The number of aryl methyl sites for hydroxylation is 2. The van der Waals surface area contributed by atoms with E-state index in [1.165, 1.54) is 12.8 Å². The van der Waals surface area contributed by atoms with Gasteiger partial charge in [0.2, 0.25) is 0 Å². The number of benzene rings is 1. The molecule has 1 aliphatic rings. The minimum absolute atomic E-state index is 0.118. The Morgan fingerprint density at radius 1 is 1.25 bits per heavy atom. The lowest BCUT2D eigenvalue weighted by molar-refractivity contribution is -0.0495. The Balaban J connectivity index is 1.87. The van der Waals surface area contributed by atoms with Crippen LogP contribution in [0.3, 0.4) is 0 Å². The average Bonchev–Trinajstić information content (AvgIpc) is 3.09. The summed E-state index contributed by atoms with van der Waals surface area (Å²) in [6.45, 7) is 6.27. The van der Waals surface area contributed by atoms with Gasteiger partial charge in [0, 0.05) is 24.2 Å².